The fourth-order valence-electron chi connectivity index (χ4n) is 1.66. The molecule has 1 nitrogen and oxygen atoms in total. The molecule has 0 aromatic heterocycles. The number of hydrogen-bond donors (Lipinski definition) is 0. The first-order chi connectivity index (χ1) is 9.81. The molecule has 0 aliphatic carbocycles. The normalized spacial score (nSPS) is 9.39. The van der Waals surface area contributed by atoms with Crippen molar-refractivity contribution in [2.75, 3.05) is 0 Å². The van der Waals surface area contributed by atoms with Crippen LogP contribution in [0.2, 0.25) is 0 Å². The van der Waals surface area contributed by atoms with Gasteiger partial charge in [0.15, 0.2) is 0 Å². The predicted molar refractivity (Wildman–Crippen MR) is 106 cm³/mol. The average Bonchev–Trinajstić information content (AvgIpc) is 2.41. The Morgan fingerprint density at radius 2 is 0.696 bits per heavy atom. The van der Waals surface area contributed by atoms with Crippen molar-refractivity contribution in [3.05, 3.63) is 20.8 Å². The summed E-state index contributed by atoms with van der Waals surface area (Å²) in [5.74, 6) is 2.59. The summed E-state index contributed by atoms with van der Waals surface area (Å²) in [7, 11) is 0. The zero-order valence-corrected chi connectivity index (χ0v) is 19.7. The molecule has 0 fully saturated rings. The summed E-state index contributed by atoms with van der Waals surface area (Å²) in [5, 5.41) is 0. The minimum Gasteiger partial charge on any atom is -0.412 e. The van der Waals surface area contributed by atoms with Crippen molar-refractivity contribution in [1.82, 2.24) is 0 Å². The SMILES string of the molecule is O.[CH2-]CCCC(C)C.[CH2-]CCCC(C)C.[CH2-]CCCC(C)C.[Zr+3]. The van der Waals surface area contributed by atoms with Crippen LogP contribution in [0.5, 0.6) is 0 Å². The topological polar surface area (TPSA) is 31.5 Å². The molecule has 0 bridgehead atoms. The molecular weight excluding hydrogens is 359 g/mol. The average molecular weight is 407 g/mol. The molecule has 0 unspecified atom stereocenters. The van der Waals surface area contributed by atoms with E-state index in [0.29, 0.717) is 0 Å². The fourth-order valence-corrected chi connectivity index (χ4v) is 1.66. The second kappa shape index (κ2) is 30.7. The monoisotopic (exact) mass is 405 g/mol. The maximum atomic E-state index is 3.76. The number of rotatable bonds is 9. The van der Waals surface area contributed by atoms with Gasteiger partial charge in [0, 0.05) is 0 Å². The zero-order chi connectivity index (χ0) is 17.1. The molecule has 0 heterocycles. The largest absolute Gasteiger partial charge is 3.00 e. The van der Waals surface area contributed by atoms with Crippen LogP contribution < -0.4 is 0 Å². The van der Waals surface area contributed by atoms with Crippen LogP contribution >= 0.6 is 0 Å². The molecule has 0 saturated carbocycles. The van der Waals surface area contributed by atoms with E-state index in [2.05, 4.69) is 62.3 Å². The Morgan fingerprint density at radius 1 is 0.522 bits per heavy atom. The Morgan fingerprint density at radius 3 is 0.739 bits per heavy atom. The molecule has 2 N–H and O–H groups in total. The smallest absolute Gasteiger partial charge is 0.412 e. The van der Waals surface area contributed by atoms with E-state index in [-0.39, 0.29) is 31.7 Å². The van der Waals surface area contributed by atoms with Crippen LogP contribution in [0.1, 0.15) is 99.3 Å². The molecule has 0 aliphatic rings. The first kappa shape index (κ1) is 35.0. The van der Waals surface area contributed by atoms with E-state index in [1.165, 1.54) is 38.5 Å². The van der Waals surface area contributed by atoms with E-state index in [4.69, 9.17) is 0 Å². The van der Waals surface area contributed by atoms with Gasteiger partial charge in [-0.25, -0.2) is 0 Å². The molecular formula is C21H47OZr. The summed E-state index contributed by atoms with van der Waals surface area (Å²) < 4.78 is 0. The molecule has 0 atom stereocenters. The summed E-state index contributed by atoms with van der Waals surface area (Å²) in [5.41, 5.74) is 0. The van der Waals surface area contributed by atoms with Gasteiger partial charge >= 0.3 is 26.2 Å². The molecule has 0 aromatic carbocycles. The Labute approximate surface area is 169 Å². The summed E-state index contributed by atoms with van der Waals surface area (Å²) in [6.45, 7) is 24.7. The summed E-state index contributed by atoms with van der Waals surface area (Å²) >= 11 is 0. The van der Waals surface area contributed by atoms with Crippen LogP contribution in [-0.4, -0.2) is 5.48 Å². The number of hydrogen-bond acceptors (Lipinski definition) is 0. The van der Waals surface area contributed by atoms with Gasteiger partial charge in [-0.15, -0.1) is 0 Å². The van der Waals surface area contributed by atoms with Gasteiger partial charge in [0.2, 0.25) is 0 Å². The van der Waals surface area contributed by atoms with Crippen molar-refractivity contribution >= 4 is 0 Å². The molecule has 0 aromatic rings. The van der Waals surface area contributed by atoms with E-state index in [0.717, 1.165) is 37.0 Å². The molecule has 0 aliphatic heterocycles. The minimum absolute atomic E-state index is 0. The molecule has 141 valence electrons. The van der Waals surface area contributed by atoms with E-state index in [1.54, 1.807) is 0 Å². The van der Waals surface area contributed by atoms with Crippen molar-refractivity contribution < 1.29 is 31.7 Å². The third-order valence-corrected chi connectivity index (χ3v) is 3.09. The van der Waals surface area contributed by atoms with Gasteiger partial charge in [-0.05, 0) is 17.8 Å². The minimum atomic E-state index is 0. The van der Waals surface area contributed by atoms with Crippen molar-refractivity contribution in [3.8, 4) is 0 Å². The van der Waals surface area contributed by atoms with Gasteiger partial charge in [-0.2, -0.15) is 19.3 Å². The van der Waals surface area contributed by atoms with Gasteiger partial charge in [0.1, 0.15) is 0 Å². The molecule has 23 heavy (non-hydrogen) atoms. The van der Waals surface area contributed by atoms with Crippen molar-refractivity contribution in [2.24, 2.45) is 17.8 Å². The fraction of sp³-hybridized carbons (Fsp3) is 0.857. The van der Waals surface area contributed by atoms with Crippen LogP contribution in [0, 0.1) is 38.5 Å². The second-order valence-corrected chi connectivity index (χ2v) is 7.17. The first-order valence-corrected chi connectivity index (χ1v) is 9.19. The molecule has 0 saturated heterocycles. The summed E-state index contributed by atoms with van der Waals surface area (Å²) in [4.78, 5) is 0. The van der Waals surface area contributed by atoms with E-state index in [1.807, 2.05) is 0 Å². The Bertz CT molecular complexity index is 127. The Hall–Kier alpha value is 0.843. The van der Waals surface area contributed by atoms with Crippen LogP contribution in [0.15, 0.2) is 0 Å². The zero-order valence-electron chi connectivity index (χ0n) is 17.2. The van der Waals surface area contributed by atoms with Crippen LogP contribution in [-0.2, 0) is 26.2 Å². The maximum Gasteiger partial charge on any atom is 3.00 e. The van der Waals surface area contributed by atoms with Gasteiger partial charge in [-0.3, -0.25) is 0 Å². The Balaban J connectivity index is -0.0000000675. The van der Waals surface area contributed by atoms with Gasteiger partial charge in [0.05, 0.1) is 0 Å². The van der Waals surface area contributed by atoms with Crippen LogP contribution in [0.4, 0.5) is 0 Å². The predicted octanol–water partition coefficient (Wildman–Crippen LogP) is 7.11. The van der Waals surface area contributed by atoms with Gasteiger partial charge in [0.25, 0.3) is 0 Å². The summed E-state index contributed by atoms with van der Waals surface area (Å²) in [6.07, 6.45) is 11.2. The quantitative estimate of drug-likeness (QED) is 0.365. The first-order valence-electron chi connectivity index (χ1n) is 9.19. The van der Waals surface area contributed by atoms with E-state index < -0.39 is 0 Å². The van der Waals surface area contributed by atoms with Gasteiger partial charge < -0.3 is 26.2 Å². The molecule has 0 spiro atoms. The Kier molecular flexibility index (Phi) is 46.8. The standard InChI is InChI=1S/3C7H15.H2O.Zr/c3*1-4-5-6-7(2)3;;/h3*7H,1,4-6H2,2-3H3;1H2;/q3*-1;;+3. The molecule has 1 radical (unpaired) electrons. The van der Waals surface area contributed by atoms with Gasteiger partial charge in [-0.1, -0.05) is 80.1 Å². The third-order valence-electron chi connectivity index (χ3n) is 3.09. The maximum absolute atomic E-state index is 3.76. The van der Waals surface area contributed by atoms with E-state index in [9.17, 15) is 0 Å². The molecule has 2 heteroatoms. The molecule has 0 rings (SSSR count). The van der Waals surface area contributed by atoms with E-state index >= 15 is 0 Å². The van der Waals surface area contributed by atoms with Crippen molar-refractivity contribution in [2.45, 2.75) is 99.3 Å². The summed E-state index contributed by atoms with van der Waals surface area (Å²) in [6, 6.07) is 0. The van der Waals surface area contributed by atoms with Crippen LogP contribution in [0.25, 0.3) is 0 Å². The van der Waals surface area contributed by atoms with Crippen LogP contribution in [0.3, 0.4) is 0 Å². The van der Waals surface area contributed by atoms with Crippen molar-refractivity contribution in [1.29, 1.82) is 0 Å². The third kappa shape index (κ3) is 60.2. The molecule has 0 amide bonds. The number of unbranched alkanes of at least 4 members (excludes halogenated alkanes) is 3. The van der Waals surface area contributed by atoms with Crippen molar-refractivity contribution in [3.63, 3.8) is 0 Å². The second-order valence-electron chi connectivity index (χ2n) is 7.17.